The first-order valence-electron chi connectivity index (χ1n) is 8.95. The summed E-state index contributed by atoms with van der Waals surface area (Å²) in [5, 5.41) is 3.91. The van der Waals surface area contributed by atoms with E-state index in [1.165, 1.54) is 53.6 Å². The topological polar surface area (TPSA) is 12.0 Å². The maximum absolute atomic E-state index is 3.91. The van der Waals surface area contributed by atoms with Crippen molar-refractivity contribution in [1.82, 2.24) is 0 Å². The van der Waals surface area contributed by atoms with Crippen LogP contribution in [0.4, 0.5) is 5.69 Å². The lowest BCUT2D eigenvalue weighted by atomic mass is 9.61. The summed E-state index contributed by atoms with van der Waals surface area (Å²) in [4.78, 5) is 0. The number of hydrogen-bond donors (Lipinski definition) is 1. The van der Waals surface area contributed by atoms with Crippen molar-refractivity contribution in [2.75, 3.05) is 5.32 Å². The van der Waals surface area contributed by atoms with E-state index in [9.17, 15) is 0 Å². The average molecular weight is 305 g/mol. The molecule has 120 valence electrons. The van der Waals surface area contributed by atoms with Crippen molar-refractivity contribution >= 4 is 5.69 Å². The molecule has 1 aliphatic heterocycles. The van der Waals surface area contributed by atoms with Crippen molar-refractivity contribution < 1.29 is 0 Å². The Morgan fingerprint density at radius 1 is 0.957 bits per heavy atom. The molecular formula is C22H27N. The molecule has 0 radical (unpaired) electrons. The minimum atomic E-state index is 0.208. The summed E-state index contributed by atoms with van der Waals surface area (Å²) in [6.07, 6.45) is 5.26. The summed E-state index contributed by atoms with van der Waals surface area (Å²) in [7, 11) is 0. The Morgan fingerprint density at radius 3 is 2.39 bits per heavy atom. The molecule has 1 heteroatoms. The Morgan fingerprint density at radius 2 is 1.65 bits per heavy atom. The molecule has 1 fully saturated rings. The highest BCUT2D eigenvalue weighted by atomic mass is 15.0. The maximum Gasteiger partial charge on any atom is 0.0440 e. The van der Waals surface area contributed by atoms with E-state index in [0.717, 1.165) is 0 Å². The Hall–Kier alpha value is -1.76. The van der Waals surface area contributed by atoms with Gasteiger partial charge in [0.25, 0.3) is 0 Å². The Labute approximate surface area is 140 Å². The largest absolute Gasteiger partial charge is 0.379 e. The third kappa shape index (κ3) is 1.92. The molecule has 1 aliphatic carbocycles. The van der Waals surface area contributed by atoms with Crippen LogP contribution in [0.15, 0.2) is 36.4 Å². The van der Waals surface area contributed by atoms with E-state index in [2.05, 4.69) is 69.4 Å². The van der Waals surface area contributed by atoms with E-state index in [-0.39, 0.29) is 11.0 Å². The quantitative estimate of drug-likeness (QED) is 0.682. The molecule has 2 unspecified atom stereocenters. The molecule has 4 rings (SSSR count). The molecule has 1 N–H and O–H groups in total. The lowest BCUT2D eigenvalue weighted by Crippen LogP contribution is -2.50. The van der Waals surface area contributed by atoms with Crippen molar-refractivity contribution in [3.8, 4) is 11.1 Å². The van der Waals surface area contributed by atoms with Gasteiger partial charge in [-0.2, -0.15) is 0 Å². The highest BCUT2D eigenvalue weighted by Gasteiger charge is 2.53. The molecule has 1 nitrogen and oxygen atoms in total. The minimum absolute atomic E-state index is 0.208. The van der Waals surface area contributed by atoms with Gasteiger partial charge >= 0.3 is 0 Å². The van der Waals surface area contributed by atoms with E-state index in [0.29, 0.717) is 0 Å². The van der Waals surface area contributed by atoms with Crippen LogP contribution < -0.4 is 5.32 Å². The predicted octanol–water partition coefficient (Wildman–Crippen LogP) is 5.99. The Kier molecular flexibility index (Phi) is 3.13. The third-order valence-electron chi connectivity index (χ3n) is 6.62. The molecule has 0 saturated heterocycles. The Bertz CT molecular complexity index is 761. The van der Waals surface area contributed by atoms with E-state index in [4.69, 9.17) is 0 Å². The summed E-state index contributed by atoms with van der Waals surface area (Å²) in [5.41, 5.74) is 9.05. The van der Waals surface area contributed by atoms with Crippen LogP contribution in [0.5, 0.6) is 0 Å². The number of anilines is 1. The molecule has 2 aromatic carbocycles. The summed E-state index contributed by atoms with van der Waals surface area (Å²) in [6.45, 7) is 9.51. The summed E-state index contributed by atoms with van der Waals surface area (Å²) in [5.74, 6) is 0. The molecule has 0 aromatic heterocycles. The van der Waals surface area contributed by atoms with Crippen LogP contribution >= 0.6 is 0 Å². The van der Waals surface area contributed by atoms with Gasteiger partial charge in [0, 0.05) is 16.6 Å². The van der Waals surface area contributed by atoms with Gasteiger partial charge in [0.05, 0.1) is 0 Å². The molecular weight excluding hydrogens is 278 g/mol. The SMILES string of the molecule is Cc1cc2c(c(C)c1-c1ccccc1)C1(C)CCCCC1(C)N2. The first kappa shape index (κ1) is 14.8. The number of rotatable bonds is 1. The van der Waals surface area contributed by atoms with Gasteiger partial charge in [-0.05, 0) is 67.5 Å². The van der Waals surface area contributed by atoms with Gasteiger partial charge in [-0.1, -0.05) is 50.1 Å². The normalized spacial score (nSPS) is 28.9. The number of hydrogen-bond acceptors (Lipinski definition) is 1. The number of nitrogens with one attached hydrogen (secondary N) is 1. The lowest BCUT2D eigenvalue weighted by Gasteiger charge is -2.46. The van der Waals surface area contributed by atoms with Gasteiger partial charge in [0.15, 0.2) is 0 Å². The third-order valence-corrected chi connectivity index (χ3v) is 6.62. The second-order valence-electron chi connectivity index (χ2n) is 7.98. The van der Waals surface area contributed by atoms with Crippen molar-refractivity contribution in [2.24, 2.45) is 0 Å². The molecule has 23 heavy (non-hydrogen) atoms. The van der Waals surface area contributed by atoms with Crippen LogP contribution in [-0.2, 0) is 5.41 Å². The van der Waals surface area contributed by atoms with Gasteiger partial charge in [-0.25, -0.2) is 0 Å². The smallest absolute Gasteiger partial charge is 0.0440 e. The first-order chi connectivity index (χ1) is 11.0. The molecule has 2 aromatic rings. The zero-order valence-electron chi connectivity index (χ0n) is 14.8. The summed E-state index contributed by atoms with van der Waals surface area (Å²) >= 11 is 0. The molecule has 2 atom stereocenters. The second-order valence-corrected chi connectivity index (χ2v) is 7.98. The van der Waals surface area contributed by atoms with Crippen LogP contribution in [0.25, 0.3) is 11.1 Å². The fourth-order valence-electron chi connectivity index (χ4n) is 5.25. The van der Waals surface area contributed by atoms with Gasteiger partial charge in [-0.3, -0.25) is 0 Å². The molecule has 0 spiro atoms. The number of benzene rings is 2. The monoisotopic (exact) mass is 305 g/mol. The molecule has 0 amide bonds. The lowest BCUT2D eigenvalue weighted by molar-refractivity contribution is 0.213. The maximum atomic E-state index is 3.91. The zero-order valence-corrected chi connectivity index (χ0v) is 14.8. The van der Waals surface area contributed by atoms with Crippen molar-refractivity contribution in [3.05, 3.63) is 53.1 Å². The molecule has 1 heterocycles. The fourth-order valence-corrected chi connectivity index (χ4v) is 5.25. The van der Waals surface area contributed by atoms with Crippen LogP contribution in [0.1, 0.15) is 56.2 Å². The van der Waals surface area contributed by atoms with Gasteiger partial charge < -0.3 is 5.32 Å². The molecule has 0 bridgehead atoms. The van der Waals surface area contributed by atoms with Crippen LogP contribution in [0.3, 0.4) is 0 Å². The second kappa shape index (κ2) is 4.87. The first-order valence-corrected chi connectivity index (χ1v) is 8.95. The highest BCUT2D eigenvalue weighted by molar-refractivity contribution is 5.80. The summed E-state index contributed by atoms with van der Waals surface area (Å²) in [6, 6.07) is 13.3. The zero-order chi connectivity index (χ0) is 16.2. The van der Waals surface area contributed by atoms with Crippen molar-refractivity contribution in [1.29, 1.82) is 0 Å². The van der Waals surface area contributed by atoms with Gasteiger partial charge in [0.2, 0.25) is 0 Å². The van der Waals surface area contributed by atoms with Crippen molar-refractivity contribution in [2.45, 2.75) is 64.3 Å². The van der Waals surface area contributed by atoms with E-state index in [1.807, 2.05) is 0 Å². The fraction of sp³-hybridized carbons (Fsp3) is 0.455. The minimum Gasteiger partial charge on any atom is -0.379 e. The van der Waals surface area contributed by atoms with E-state index in [1.54, 1.807) is 5.56 Å². The van der Waals surface area contributed by atoms with Crippen molar-refractivity contribution in [3.63, 3.8) is 0 Å². The van der Waals surface area contributed by atoms with Gasteiger partial charge in [-0.15, -0.1) is 0 Å². The van der Waals surface area contributed by atoms with Crippen LogP contribution in [0.2, 0.25) is 0 Å². The summed E-state index contributed by atoms with van der Waals surface area (Å²) < 4.78 is 0. The van der Waals surface area contributed by atoms with E-state index >= 15 is 0 Å². The van der Waals surface area contributed by atoms with Crippen LogP contribution in [-0.4, -0.2) is 5.54 Å². The predicted molar refractivity (Wildman–Crippen MR) is 99.2 cm³/mol. The number of fused-ring (bicyclic) bond motifs is 3. The van der Waals surface area contributed by atoms with E-state index < -0.39 is 0 Å². The standard InChI is InChI=1S/C22H27N/c1-15-14-18-20(16(2)19(15)17-10-6-5-7-11-17)21(3)12-8-9-13-22(21,4)23-18/h5-7,10-11,14,23H,8-9,12-13H2,1-4H3. The molecule has 2 aliphatic rings. The highest BCUT2D eigenvalue weighted by Crippen LogP contribution is 2.57. The van der Waals surface area contributed by atoms with Crippen LogP contribution in [0, 0.1) is 13.8 Å². The van der Waals surface area contributed by atoms with Gasteiger partial charge in [0.1, 0.15) is 0 Å². The molecule has 1 saturated carbocycles. The average Bonchev–Trinajstić information content (AvgIpc) is 2.75. The Balaban J connectivity index is 1.97. The number of aryl methyl sites for hydroxylation is 1.